The molecule has 0 bridgehead atoms. The summed E-state index contributed by atoms with van der Waals surface area (Å²) in [6.45, 7) is 20.5. The molecule has 0 radical (unpaired) electrons. The molecule has 0 aliphatic carbocycles. The summed E-state index contributed by atoms with van der Waals surface area (Å²) < 4.78 is 0. The lowest BCUT2D eigenvalue weighted by Gasteiger charge is -2.05. The molecule has 0 aromatic heterocycles. The highest BCUT2D eigenvalue weighted by atomic mass is 32.2. The lowest BCUT2D eigenvalue weighted by atomic mass is 10.1. The molecule has 0 spiro atoms. The molecule has 158 valence electrons. The van der Waals surface area contributed by atoms with E-state index in [1.807, 2.05) is 39.8 Å². The van der Waals surface area contributed by atoms with Crippen molar-refractivity contribution in [1.82, 2.24) is 10.6 Å². The van der Waals surface area contributed by atoms with Crippen LogP contribution in [-0.4, -0.2) is 26.2 Å². The normalized spacial score (nSPS) is 17.3. The summed E-state index contributed by atoms with van der Waals surface area (Å²) in [7, 11) is 0. The van der Waals surface area contributed by atoms with Crippen LogP contribution in [0.2, 0.25) is 0 Å². The van der Waals surface area contributed by atoms with Crippen LogP contribution in [-0.2, 0) is 0 Å². The van der Waals surface area contributed by atoms with Crippen LogP contribution in [0.5, 0.6) is 0 Å². The van der Waals surface area contributed by atoms with Crippen LogP contribution in [0.4, 0.5) is 0 Å². The minimum absolute atomic E-state index is 0.991. The quantitative estimate of drug-likeness (QED) is 0.475. The Kier molecular flexibility index (Phi) is 18.7. The van der Waals surface area contributed by atoms with Gasteiger partial charge in [-0.15, -0.1) is 0 Å². The van der Waals surface area contributed by atoms with Gasteiger partial charge in [0.1, 0.15) is 0 Å². The highest BCUT2D eigenvalue weighted by Crippen LogP contribution is 2.27. The van der Waals surface area contributed by atoms with Crippen LogP contribution in [0.1, 0.15) is 53.4 Å². The molecule has 0 fully saturated rings. The first kappa shape index (κ1) is 27.1. The first-order chi connectivity index (χ1) is 13.7. The van der Waals surface area contributed by atoms with Crippen molar-refractivity contribution in [1.29, 1.82) is 0 Å². The molecule has 0 saturated heterocycles. The van der Waals surface area contributed by atoms with Gasteiger partial charge in [0.2, 0.25) is 0 Å². The first-order valence-corrected chi connectivity index (χ1v) is 12.2. The Balaban J connectivity index is 0.000000478. The third-order valence-corrected chi connectivity index (χ3v) is 5.89. The monoisotopic (exact) mass is 420 g/mol. The molecular weight excluding hydrogens is 380 g/mol. The third kappa shape index (κ3) is 13.3. The summed E-state index contributed by atoms with van der Waals surface area (Å²) in [5.74, 6) is 0. The molecule has 0 saturated carbocycles. The Morgan fingerprint density at radius 3 is 2.07 bits per heavy atom. The fourth-order valence-corrected chi connectivity index (χ4v) is 3.83. The van der Waals surface area contributed by atoms with Gasteiger partial charge in [0.05, 0.1) is 0 Å². The van der Waals surface area contributed by atoms with Crippen LogP contribution < -0.4 is 10.6 Å². The molecule has 2 aliphatic heterocycles. The first-order valence-electron chi connectivity index (χ1n) is 10.4. The number of hydrogen-bond donors (Lipinski definition) is 2. The second kappa shape index (κ2) is 19.4. The van der Waals surface area contributed by atoms with Crippen molar-refractivity contribution in [3.63, 3.8) is 0 Å². The van der Waals surface area contributed by atoms with Crippen LogP contribution in [0.3, 0.4) is 0 Å². The zero-order valence-electron chi connectivity index (χ0n) is 18.4. The standard InChI is InChI=1S/2C11H17NS.C2H6/c2*1-3-9-13-10(2)11-5-4-7-12-8-6-11;1-2/h3,6,9,12H,2,4-5,7-8H2,1H3;3,5,9,12H,2,4,6-8H2,1H3;1-2H3/b2*9-3-;. The Bertz CT molecular complexity index is 507. The van der Waals surface area contributed by atoms with E-state index >= 15 is 0 Å². The van der Waals surface area contributed by atoms with Gasteiger partial charge in [-0.3, -0.25) is 0 Å². The summed E-state index contributed by atoms with van der Waals surface area (Å²) in [6.07, 6.45) is 13.3. The van der Waals surface area contributed by atoms with Crippen molar-refractivity contribution < 1.29 is 0 Å². The van der Waals surface area contributed by atoms with E-state index in [-0.39, 0.29) is 0 Å². The number of allylic oxidation sites excluding steroid dienone is 4. The van der Waals surface area contributed by atoms with Crippen molar-refractivity contribution in [2.75, 3.05) is 26.2 Å². The van der Waals surface area contributed by atoms with E-state index in [1.54, 1.807) is 23.5 Å². The number of thioether (sulfide) groups is 2. The molecule has 28 heavy (non-hydrogen) atoms. The highest BCUT2D eigenvalue weighted by molar-refractivity contribution is 8.06. The van der Waals surface area contributed by atoms with Crippen molar-refractivity contribution in [2.24, 2.45) is 0 Å². The maximum Gasteiger partial charge on any atom is 0.0141 e. The third-order valence-electron chi connectivity index (χ3n) is 3.98. The lowest BCUT2D eigenvalue weighted by Crippen LogP contribution is -2.13. The maximum absolute atomic E-state index is 4.07. The van der Waals surface area contributed by atoms with E-state index in [4.69, 9.17) is 0 Å². The van der Waals surface area contributed by atoms with E-state index in [9.17, 15) is 0 Å². The average molecular weight is 421 g/mol. The summed E-state index contributed by atoms with van der Waals surface area (Å²) in [4.78, 5) is 2.39. The topological polar surface area (TPSA) is 24.1 Å². The molecule has 0 aromatic carbocycles. The van der Waals surface area contributed by atoms with E-state index in [0.717, 1.165) is 45.4 Å². The summed E-state index contributed by atoms with van der Waals surface area (Å²) in [5.41, 5.74) is 2.82. The Labute approximate surface area is 182 Å². The molecule has 0 unspecified atom stereocenters. The largest absolute Gasteiger partial charge is 0.316 e. The molecule has 4 heteroatoms. The predicted octanol–water partition coefficient (Wildman–Crippen LogP) is 7.18. The molecule has 2 N–H and O–H groups in total. The smallest absolute Gasteiger partial charge is 0.0141 e. The lowest BCUT2D eigenvalue weighted by molar-refractivity contribution is 0.712. The van der Waals surface area contributed by atoms with Crippen LogP contribution in [0.15, 0.2) is 69.2 Å². The Hall–Kier alpha value is -0.940. The van der Waals surface area contributed by atoms with Gasteiger partial charge in [0, 0.05) is 16.4 Å². The van der Waals surface area contributed by atoms with Gasteiger partial charge in [-0.2, -0.15) is 0 Å². The van der Waals surface area contributed by atoms with Crippen LogP contribution in [0.25, 0.3) is 0 Å². The maximum atomic E-state index is 4.07. The Morgan fingerprint density at radius 1 is 0.857 bits per heavy atom. The molecule has 0 amide bonds. The highest BCUT2D eigenvalue weighted by Gasteiger charge is 2.05. The fraction of sp³-hybridized carbons (Fsp3) is 0.500. The molecule has 2 aliphatic rings. The van der Waals surface area contributed by atoms with Crippen molar-refractivity contribution >= 4 is 23.5 Å². The second-order valence-electron chi connectivity index (χ2n) is 6.08. The van der Waals surface area contributed by atoms with Gasteiger partial charge in [-0.05, 0) is 81.1 Å². The van der Waals surface area contributed by atoms with E-state index in [0.29, 0.717) is 0 Å². The zero-order chi connectivity index (χ0) is 21.0. The molecule has 2 heterocycles. The van der Waals surface area contributed by atoms with Gasteiger partial charge < -0.3 is 10.6 Å². The minimum Gasteiger partial charge on any atom is -0.316 e. The van der Waals surface area contributed by atoms with Crippen LogP contribution in [0, 0.1) is 0 Å². The average Bonchev–Trinajstić information content (AvgIpc) is 3.17. The van der Waals surface area contributed by atoms with Gasteiger partial charge >= 0.3 is 0 Å². The van der Waals surface area contributed by atoms with Gasteiger partial charge in [0.15, 0.2) is 0 Å². The molecular formula is C24H40N2S2. The molecule has 2 nitrogen and oxygen atoms in total. The van der Waals surface area contributed by atoms with E-state index in [2.05, 4.69) is 46.8 Å². The molecule has 2 rings (SSSR count). The van der Waals surface area contributed by atoms with Gasteiger partial charge in [-0.25, -0.2) is 0 Å². The summed E-state index contributed by atoms with van der Waals surface area (Å²) in [5, 5.41) is 10.9. The molecule has 0 atom stereocenters. The number of hydrogen-bond acceptors (Lipinski definition) is 4. The Morgan fingerprint density at radius 2 is 1.46 bits per heavy atom. The van der Waals surface area contributed by atoms with Crippen molar-refractivity contribution in [3.05, 3.63) is 69.2 Å². The van der Waals surface area contributed by atoms with Crippen LogP contribution >= 0.6 is 23.5 Å². The zero-order valence-corrected chi connectivity index (χ0v) is 20.0. The van der Waals surface area contributed by atoms with E-state index < -0.39 is 0 Å². The summed E-state index contributed by atoms with van der Waals surface area (Å²) >= 11 is 3.44. The number of rotatable bonds is 6. The minimum atomic E-state index is 0.991. The fourth-order valence-electron chi connectivity index (χ4n) is 2.56. The van der Waals surface area contributed by atoms with Crippen molar-refractivity contribution in [3.8, 4) is 0 Å². The van der Waals surface area contributed by atoms with Crippen molar-refractivity contribution in [2.45, 2.75) is 53.4 Å². The second-order valence-corrected chi connectivity index (χ2v) is 8.08. The SMILES string of the molecule is C=C(S/C=C\C)C1=CCCNCC1.C=C(S/C=C\C)C1=CCNCCC1.CC. The van der Waals surface area contributed by atoms with Gasteiger partial charge in [0.25, 0.3) is 0 Å². The predicted molar refractivity (Wildman–Crippen MR) is 135 cm³/mol. The number of nitrogens with one attached hydrogen (secondary N) is 2. The van der Waals surface area contributed by atoms with E-state index in [1.165, 1.54) is 27.4 Å². The summed E-state index contributed by atoms with van der Waals surface area (Å²) in [6, 6.07) is 0. The molecule has 0 aromatic rings. The van der Waals surface area contributed by atoms with Gasteiger partial charge in [-0.1, -0.05) is 74.8 Å².